The number of benzene rings is 3. The van der Waals surface area contributed by atoms with Crippen LogP contribution in [0.4, 0.5) is 10.1 Å². The molecule has 0 saturated carbocycles. The fourth-order valence-corrected chi connectivity index (χ4v) is 6.34. The van der Waals surface area contributed by atoms with Crippen molar-refractivity contribution in [2.24, 2.45) is 0 Å². The van der Waals surface area contributed by atoms with E-state index in [1.54, 1.807) is 39.0 Å². The van der Waals surface area contributed by atoms with E-state index >= 15 is 0 Å². The van der Waals surface area contributed by atoms with Gasteiger partial charge in [-0.3, -0.25) is 13.9 Å². The highest BCUT2D eigenvalue weighted by Crippen LogP contribution is 2.33. The monoisotopic (exact) mass is 653 g/mol. The second-order valence-corrected chi connectivity index (χ2v) is 12.5. The lowest BCUT2D eigenvalue weighted by Gasteiger charge is -2.34. The van der Waals surface area contributed by atoms with Gasteiger partial charge in [0.15, 0.2) is 11.5 Å². The molecule has 0 heterocycles. The SMILES string of the molecule is CC[C@@H](C(=O)NC(C)C)N(Cc1c(Cl)cccc1Cl)C(=O)CN(c1ccc(F)cc1)S(=O)(=O)c1ccc(OC)c(OC)c1. The van der Waals surface area contributed by atoms with Crippen molar-refractivity contribution < 1.29 is 31.9 Å². The van der Waals surface area contributed by atoms with E-state index in [9.17, 15) is 22.4 Å². The maximum atomic E-state index is 14.1. The molecule has 0 aliphatic carbocycles. The Kier molecular flexibility index (Phi) is 11.7. The van der Waals surface area contributed by atoms with Gasteiger partial charge in [-0.05, 0) is 68.8 Å². The number of nitrogens with one attached hydrogen (secondary N) is 1. The van der Waals surface area contributed by atoms with Crippen LogP contribution in [-0.4, -0.2) is 58.0 Å². The van der Waals surface area contributed by atoms with Gasteiger partial charge in [0.2, 0.25) is 11.8 Å². The zero-order valence-corrected chi connectivity index (χ0v) is 26.8. The van der Waals surface area contributed by atoms with Gasteiger partial charge in [-0.15, -0.1) is 0 Å². The normalized spacial score (nSPS) is 12.0. The van der Waals surface area contributed by atoms with Crippen LogP contribution < -0.4 is 19.1 Å². The van der Waals surface area contributed by atoms with E-state index in [1.807, 2.05) is 0 Å². The molecule has 0 aromatic heterocycles. The Balaban J connectivity index is 2.14. The van der Waals surface area contributed by atoms with E-state index < -0.39 is 40.2 Å². The molecular weight excluding hydrogens is 620 g/mol. The minimum atomic E-state index is -4.44. The standard InChI is InChI=1S/C30H34Cl2FN3O6S/c1-6-26(30(38)34-19(2)3)35(17-23-24(31)8-7-9-25(23)32)29(37)18-36(21-12-10-20(33)11-13-21)43(39,40)22-14-15-27(41-4)28(16-22)42-5/h7-16,19,26H,6,17-18H2,1-5H3,(H,34,38)/t26-/m0/s1. The first kappa shape index (κ1) is 34.0. The van der Waals surface area contributed by atoms with Gasteiger partial charge in [0.05, 0.1) is 24.8 Å². The van der Waals surface area contributed by atoms with Gasteiger partial charge in [-0.2, -0.15) is 0 Å². The van der Waals surface area contributed by atoms with Crippen LogP contribution in [0.5, 0.6) is 11.5 Å². The van der Waals surface area contributed by atoms with Crippen molar-refractivity contribution in [2.45, 2.75) is 50.7 Å². The topological polar surface area (TPSA) is 105 Å². The average molecular weight is 655 g/mol. The first-order valence-electron chi connectivity index (χ1n) is 13.4. The van der Waals surface area contributed by atoms with Crippen LogP contribution in [-0.2, 0) is 26.2 Å². The van der Waals surface area contributed by atoms with E-state index in [-0.39, 0.29) is 45.4 Å². The Morgan fingerprint density at radius 1 is 0.953 bits per heavy atom. The quantitative estimate of drug-likeness (QED) is 0.255. The molecule has 3 aromatic rings. The molecule has 0 spiro atoms. The van der Waals surface area contributed by atoms with Gasteiger partial charge in [0, 0.05) is 34.3 Å². The predicted molar refractivity (Wildman–Crippen MR) is 165 cm³/mol. The lowest BCUT2D eigenvalue weighted by molar-refractivity contribution is -0.140. The molecule has 2 amide bonds. The number of carbonyl (C=O) groups excluding carboxylic acids is 2. The molecule has 1 N–H and O–H groups in total. The maximum Gasteiger partial charge on any atom is 0.264 e. The number of amides is 2. The predicted octanol–water partition coefficient (Wildman–Crippen LogP) is 5.68. The van der Waals surface area contributed by atoms with Crippen LogP contribution in [0.25, 0.3) is 0 Å². The molecule has 0 unspecified atom stereocenters. The summed E-state index contributed by atoms with van der Waals surface area (Å²) < 4.78 is 53.4. The summed E-state index contributed by atoms with van der Waals surface area (Å²) in [6, 6.07) is 12.3. The first-order valence-corrected chi connectivity index (χ1v) is 15.6. The van der Waals surface area contributed by atoms with Crippen LogP contribution in [0.1, 0.15) is 32.8 Å². The van der Waals surface area contributed by atoms with Crippen molar-refractivity contribution in [3.8, 4) is 11.5 Å². The Bertz CT molecular complexity index is 1530. The van der Waals surface area contributed by atoms with Gasteiger partial charge >= 0.3 is 0 Å². The molecule has 3 aromatic carbocycles. The van der Waals surface area contributed by atoms with Gasteiger partial charge in [0.1, 0.15) is 18.4 Å². The van der Waals surface area contributed by atoms with E-state index in [0.717, 1.165) is 16.4 Å². The summed E-state index contributed by atoms with van der Waals surface area (Å²) in [5, 5.41) is 3.37. The van der Waals surface area contributed by atoms with Crippen molar-refractivity contribution in [1.29, 1.82) is 0 Å². The molecule has 9 nitrogen and oxygen atoms in total. The number of carbonyl (C=O) groups is 2. The van der Waals surface area contributed by atoms with Crippen LogP contribution in [0.2, 0.25) is 10.0 Å². The van der Waals surface area contributed by atoms with Crippen LogP contribution in [0.3, 0.4) is 0 Å². The molecule has 232 valence electrons. The molecule has 3 rings (SSSR count). The van der Waals surface area contributed by atoms with Crippen LogP contribution >= 0.6 is 23.2 Å². The summed E-state index contributed by atoms with van der Waals surface area (Å²) in [5.74, 6) is -1.28. The van der Waals surface area contributed by atoms with Crippen molar-refractivity contribution in [3.05, 3.63) is 82.1 Å². The highest BCUT2D eigenvalue weighted by molar-refractivity contribution is 7.92. The molecule has 13 heteroatoms. The van der Waals surface area contributed by atoms with E-state index in [4.69, 9.17) is 32.7 Å². The summed E-state index contributed by atoms with van der Waals surface area (Å²) >= 11 is 12.9. The zero-order valence-electron chi connectivity index (χ0n) is 24.4. The molecule has 0 aliphatic heterocycles. The minimum Gasteiger partial charge on any atom is -0.493 e. The maximum absolute atomic E-state index is 14.1. The average Bonchev–Trinajstić information content (AvgIpc) is 2.96. The summed E-state index contributed by atoms with van der Waals surface area (Å²) in [6.45, 7) is 4.41. The van der Waals surface area contributed by atoms with E-state index in [0.29, 0.717) is 11.3 Å². The summed E-state index contributed by atoms with van der Waals surface area (Å²) in [6.07, 6.45) is 0.214. The number of anilines is 1. The van der Waals surface area contributed by atoms with E-state index in [2.05, 4.69) is 5.32 Å². The first-order chi connectivity index (χ1) is 20.3. The van der Waals surface area contributed by atoms with Gasteiger partial charge < -0.3 is 19.7 Å². The number of rotatable bonds is 13. The van der Waals surface area contributed by atoms with Crippen molar-refractivity contribution in [1.82, 2.24) is 10.2 Å². The number of hydrogen-bond acceptors (Lipinski definition) is 6. The largest absolute Gasteiger partial charge is 0.493 e. The molecule has 0 aliphatic rings. The Morgan fingerprint density at radius 3 is 2.09 bits per heavy atom. The number of nitrogens with zero attached hydrogens (tertiary/aromatic N) is 2. The fourth-order valence-electron chi connectivity index (χ4n) is 4.39. The van der Waals surface area contributed by atoms with Gasteiger partial charge in [0.25, 0.3) is 10.0 Å². The highest BCUT2D eigenvalue weighted by atomic mass is 35.5. The van der Waals surface area contributed by atoms with E-state index in [1.165, 1.54) is 49.5 Å². The van der Waals surface area contributed by atoms with Crippen molar-refractivity contribution >= 4 is 50.7 Å². The van der Waals surface area contributed by atoms with Crippen LogP contribution in [0, 0.1) is 5.82 Å². The fraction of sp³-hybridized carbons (Fsp3) is 0.333. The number of ether oxygens (including phenoxy) is 2. The van der Waals surface area contributed by atoms with Crippen molar-refractivity contribution in [2.75, 3.05) is 25.1 Å². The second kappa shape index (κ2) is 14.8. The number of hydrogen-bond donors (Lipinski definition) is 1. The summed E-state index contributed by atoms with van der Waals surface area (Å²) in [7, 11) is -1.67. The van der Waals surface area contributed by atoms with Crippen LogP contribution in [0.15, 0.2) is 65.6 Å². The molecular formula is C30H34Cl2FN3O6S. The smallest absolute Gasteiger partial charge is 0.264 e. The second-order valence-electron chi connectivity index (χ2n) is 9.81. The van der Waals surface area contributed by atoms with Crippen molar-refractivity contribution in [3.63, 3.8) is 0 Å². The highest BCUT2D eigenvalue weighted by Gasteiger charge is 2.35. The third kappa shape index (κ3) is 8.10. The minimum absolute atomic E-state index is 0.0277. The number of methoxy groups -OCH3 is 2. The Morgan fingerprint density at radius 2 is 1.56 bits per heavy atom. The van der Waals surface area contributed by atoms with Gasteiger partial charge in [-0.25, -0.2) is 12.8 Å². The lowest BCUT2D eigenvalue weighted by atomic mass is 10.1. The Labute approximate surface area is 261 Å². The third-order valence-electron chi connectivity index (χ3n) is 6.54. The zero-order chi connectivity index (χ0) is 31.9. The summed E-state index contributed by atoms with van der Waals surface area (Å²) in [4.78, 5) is 28.5. The molecule has 0 fully saturated rings. The molecule has 1 atom stereocenters. The summed E-state index contributed by atoms with van der Waals surface area (Å²) in [5.41, 5.74) is 0.422. The molecule has 0 bridgehead atoms. The number of halogens is 3. The third-order valence-corrected chi connectivity index (χ3v) is 9.02. The van der Waals surface area contributed by atoms with Gasteiger partial charge in [-0.1, -0.05) is 36.2 Å². The molecule has 0 saturated heterocycles. The Hall–Kier alpha value is -3.54. The molecule has 0 radical (unpaired) electrons. The number of sulfonamides is 1. The lowest BCUT2D eigenvalue weighted by Crippen LogP contribution is -2.53. The molecule has 43 heavy (non-hydrogen) atoms.